The Labute approximate surface area is 227 Å². The van der Waals surface area contributed by atoms with Crippen LogP contribution in [-0.4, -0.2) is 46.1 Å². The normalized spacial score (nSPS) is 15.1. The molecule has 0 rings (SSSR count). The van der Waals surface area contributed by atoms with Crippen molar-refractivity contribution in [2.45, 2.75) is 128 Å². The zero-order valence-corrected chi connectivity index (χ0v) is 23.6. The monoisotopic (exact) mass is 517 g/mol. The van der Waals surface area contributed by atoms with Crippen molar-refractivity contribution in [3.63, 3.8) is 0 Å². The number of allylic oxidation sites excluding steroid dienone is 8. The van der Waals surface area contributed by atoms with Crippen LogP contribution in [0.4, 0.5) is 0 Å². The van der Waals surface area contributed by atoms with Gasteiger partial charge in [0.25, 0.3) is 0 Å². The molecular formula is C32H55NO4. The molecule has 0 fully saturated rings. The van der Waals surface area contributed by atoms with Gasteiger partial charge < -0.3 is 20.6 Å². The Morgan fingerprint density at radius 1 is 0.676 bits per heavy atom. The average molecular weight is 518 g/mol. The molecule has 0 aromatic heterocycles. The van der Waals surface area contributed by atoms with Crippen molar-refractivity contribution < 1.29 is 20.1 Å². The van der Waals surface area contributed by atoms with E-state index in [0.717, 1.165) is 44.9 Å². The van der Waals surface area contributed by atoms with Gasteiger partial charge >= 0.3 is 0 Å². The fourth-order valence-electron chi connectivity index (χ4n) is 3.73. The zero-order valence-electron chi connectivity index (χ0n) is 23.6. The van der Waals surface area contributed by atoms with Crippen LogP contribution in [0.2, 0.25) is 0 Å². The van der Waals surface area contributed by atoms with Gasteiger partial charge in [0.15, 0.2) is 0 Å². The molecule has 37 heavy (non-hydrogen) atoms. The van der Waals surface area contributed by atoms with E-state index in [0.29, 0.717) is 0 Å². The van der Waals surface area contributed by atoms with Crippen LogP contribution in [0.25, 0.3) is 0 Å². The summed E-state index contributed by atoms with van der Waals surface area (Å²) in [5, 5.41) is 32.5. The molecule has 0 spiro atoms. The fourth-order valence-corrected chi connectivity index (χ4v) is 3.73. The SMILES string of the molecule is CCC/C=C/CC/C=C/CC/C=C/C(O)C(CO)NC(=O)CC(O)/C=C\C/C=C\CCCCCCCC. The Kier molecular flexibility index (Phi) is 25.7. The molecule has 0 saturated heterocycles. The first-order chi connectivity index (χ1) is 18.0. The second-order valence-electron chi connectivity index (χ2n) is 9.62. The molecule has 0 aliphatic rings. The highest BCUT2D eigenvalue weighted by atomic mass is 16.3. The third-order valence-electron chi connectivity index (χ3n) is 5.99. The summed E-state index contributed by atoms with van der Waals surface area (Å²) < 4.78 is 0. The van der Waals surface area contributed by atoms with E-state index in [9.17, 15) is 20.1 Å². The van der Waals surface area contributed by atoms with E-state index in [1.807, 2.05) is 12.2 Å². The van der Waals surface area contributed by atoms with E-state index in [-0.39, 0.29) is 13.0 Å². The first-order valence-corrected chi connectivity index (χ1v) is 14.6. The third kappa shape index (κ3) is 24.2. The van der Waals surface area contributed by atoms with Crippen molar-refractivity contribution in [1.82, 2.24) is 5.32 Å². The van der Waals surface area contributed by atoms with Crippen molar-refractivity contribution in [2.24, 2.45) is 0 Å². The van der Waals surface area contributed by atoms with Crippen LogP contribution in [0.3, 0.4) is 0 Å². The lowest BCUT2D eigenvalue weighted by Crippen LogP contribution is -2.45. The molecule has 3 atom stereocenters. The quantitative estimate of drug-likeness (QED) is 0.0832. The van der Waals surface area contributed by atoms with Gasteiger partial charge in [-0.2, -0.15) is 0 Å². The van der Waals surface area contributed by atoms with E-state index in [1.54, 1.807) is 12.2 Å². The summed E-state index contributed by atoms with van der Waals surface area (Å²) in [4.78, 5) is 12.2. The average Bonchev–Trinajstić information content (AvgIpc) is 2.88. The highest BCUT2D eigenvalue weighted by molar-refractivity contribution is 5.77. The zero-order chi connectivity index (χ0) is 27.4. The number of nitrogens with one attached hydrogen (secondary N) is 1. The van der Waals surface area contributed by atoms with E-state index in [4.69, 9.17) is 0 Å². The first-order valence-electron chi connectivity index (χ1n) is 14.6. The number of hydrogen-bond donors (Lipinski definition) is 4. The van der Waals surface area contributed by atoms with Gasteiger partial charge in [-0.15, -0.1) is 0 Å². The Bertz CT molecular complexity index is 666. The number of amides is 1. The van der Waals surface area contributed by atoms with Crippen molar-refractivity contribution in [1.29, 1.82) is 0 Å². The number of aliphatic hydroxyl groups excluding tert-OH is 3. The van der Waals surface area contributed by atoms with Gasteiger partial charge in [0.1, 0.15) is 0 Å². The van der Waals surface area contributed by atoms with Gasteiger partial charge in [-0.1, -0.05) is 113 Å². The van der Waals surface area contributed by atoms with Crippen molar-refractivity contribution in [3.8, 4) is 0 Å². The highest BCUT2D eigenvalue weighted by Gasteiger charge is 2.19. The van der Waals surface area contributed by atoms with Gasteiger partial charge in [-0.3, -0.25) is 4.79 Å². The lowest BCUT2D eigenvalue weighted by atomic mass is 10.1. The Morgan fingerprint density at radius 3 is 1.92 bits per heavy atom. The number of carbonyl (C=O) groups is 1. The Hall–Kier alpha value is -1.95. The van der Waals surface area contributed by atoms with Gasteiger partial charge in [-0.25, -0.2) is 0 Å². The molecule has 0 bridgehead atoms. The minimum absolute atomic E-state index is 0.108. The molecule has 5 nitrogen and oxygen atoms in total. The number of carbonyl (C=O) groups excluding carboxylic acids is 1. The summed E-state index contributed by atoms with van der Waals surface area (Å²) in [6.45, 7) is 4.02. The van der Waals surface area contributed by atoms with Crippen molar-refractivity contribution in [2.75, 3.05) is 6.61 Å². The van der Waals surface area contributed by atoms with Gasteiger partial charge in [0.2, 0.25) is 5.91 Å². The Balaban J connectivity index is 4.06. The largest absolute Gasteiger partial charge is 0.394 e. The molecule has 0 radical (unpaired) electrons. The molecule has 0 saturated carbocycles. The minimum Gasteiger partial charge on any atom is -0.394 e. The van der Waals surface area contributed by atoms with Gasteiger partial charge in [0.05, 0.1) is 31.3 Å². The second kappa shape index (κ2) is 27.1. The molecule has 1 amide bonds. The predicted molar refractivity (Wildman–Crippen MR) is 157 cm³/mol. The van der Waals surface area contributed by atoms with Crippen LogP contribution in [0.5, 0.6) is 0 Å². The minimum atomic E-state index is -0.980. The molecule has 212 valence electrons. The van der Waals surface area contributed by atoms with E-state index in [2.05, 4.69) is 55.6 Å². The number of rotatable bonds is 24. The van der Waals surface area contributed by atoms with Crippen molar-refractivity contribution in [3.05, 3.63) is 60.8 Å². The van der Waals surface area contributed by atoms with Crippen LogP contribution in [0.1, 0.15) is 110 Å². The van der Waals surface area contributed by atoms with E-state index in [1.165, 1.54) is 44.9 Å². The maximum absolute atomic E-state index is 12.2. The summed E-state index contributed by atoms with van der Waals surface area (Å²) in [6, 6.07) is -0.796. The number of aliphatic hydroxyl groups is 3. The molecule has 0 aromatic rings. The number of hydrogen-bond acceptors (Lipinski definition) is 4. The molecule has 0 aliphatic carbocycles. The lowest BCUT2D eigenvalue weighted by molar-refractivity contribution is -0.124. The standard InChI is InChI=1S/C32H55NO4/c1-3-5-7-9-11-13-15-17-19-21-23-25-29(35)27-32(37)33-30(28-34)31(36)26-24-22-20-18-16-14-12-10-8-6-4-2/h8,10,16-19,23-26,29-31,34-36H,3-7,9,11-15,20-22,27-28H2,1-2H3,(H,33,37)/b10-8+,18-16+,19-17-,25-23-,26-24+. The Morgan fingerprint density at radius 2 is 1.27 bits per heavy atom. The summed E-state index contributed by atoms with van der Waals surface area (Å²) in [5.74, 6) is -0.404. The maximum Gasteiger partial charge on any atom is 0.223 e. The van der Waals surface area contributed by atoms with Crippen LogP contribution < -0.4 is 5.32 Å². The molecule has 3 unspecified atom stereocenters. The molecule has 0 aliphatic heterocycles. The summed E-state index contributed by atoms with van der Waals surface area (Å²) in [5.41, 5.74) is 0. The second-order valence-corrected chi connectivity index (χ2v) is 9.62. The molecular weight excluding hydrogens is 462 g/mol. The summed E-state index contributed by atoms with van der Waals surface area (Å²) in [7, 11) is 0. The van der Waals surface area contributed by atoms with Crippen LogP contribution >= 0.6 is 0 Å². The predicted octanol–water partition coefficient (Wildman–Crippen LogP) is 6.86. The molecule has 0 aromatic carbocycles. The summed E-state index contributed by atoms with van der Waals surface area (Å²) in [6.07, 6.45) is 33.6. The van der Waals surface area contributed by atoms with E-state index >= 15 is 0 Å². The maximum atomic E-state index is 12.2. The highest BCUT2D eigenvalue weighted by Crippen LogP contribution is 2.08. The molecule has 4 N–H and O–H groups in total. The molecule has 0 heterocycles. The smallest absolute Gasteiger partial charge is 0.223 e. The lowest BCUT2D eigenvalue weighted by Gasteiger charge is -2.20. The van der Waals surface area contributed by atoms with Gasteiger partial charge in [0, 0.05) is 0 Å². The van der Waals surface area contributed by atoms with Crippen LogP contribution in [-0.2, 0) is 4.79 Å². The topological polar surface area (TPSA) is 89.8 Å². The third-order valence-corrected chi connectivity index (χ3v) is 5.99. The van der Waals surface area contributed by atoms with Gasteiger partial charge in [-0.05, 0) is 51.4 Å². The first kappa shape index (κ1) is 35.0. The van der Waals surface area contributed by atoms with E-state index < -0.39 is 24.2 Å². The van der Waals surface area contributed by atoms with Crippen molar-refractivity contribution >= 4 is 5.91 Å². The summed E-state index contributed by atoms with van der Waals surface area (Å²) >= 11 is 0. The van der Waals surface area contributed by atoms with Crippen LogP contribution in [0, 0.1) is 0 Å². The number of unbranched alkanes of at least 4 members (excludes halogenated alkanes) is 9. The molecule has 5 heteroatoms. The fraction of sp³-hybridized carbons (Fsp3) is 0.656. The van der Waals surface area contributed by atoms with Crippen LogP contribution in [0.15, 0.2) is 60.8 Å².